The molecule has 0 unspecified atom stereocenters. The van der Waals surface area contributed by atoms with E-state index in [0.29, 0.717) is 24.0 Å². The molecule has 1 atom stereocenters. The van der Waals surface area contributed by atoms with Crippen LogP contribution >= 0.6 is 11.3 Å². The van der Waals surface area contributed by atoms with Crippen molar-refractivity contribution in [1.29, 1.82) is 5.26 Å². The zero-order valence-electron chi connectivity index (χ0n) is 17.6. The predicted molar refractivity (Wildman–Crippen MR) is 120 cm³/mol. The van der Waals surface area contributed by atoms with Gasteiger partial charge in [-0.3, -0.25) is 0 Å². The second-order valence-corrected chi connectivity index (χ2v) is 9.45. The van der Waals surface area contributed by atoms with E-state index in [1.165, 1.54) is 10.4 Å². The number of thiophene rings is 1. The third kappa shape index (κ3) is 4.71. The molecule has 0 N–H and O–H groups in total. The first-order valence-electron chi connectivity index (χ1n) is 9.87. The first kappa shape index (κ1) is 21.1. The molecule has 5 heteroatoms. The van der Waals surface area contributed by atoms with Crippen molar-refractivity contribution in [3.8, 4) is 17.6 Å². The van der Waals surface area contributed by atoms with Crippen LogP contribution in [0.3, 0.4) is 0 Å². The van der Waals surface area contributed by atoms with Crippen LogP contribution in [0, 0.1) is 22.7 Å². The van der Waals surface area contributed by atoms with Crippen LogP contribution < -0.4 is 9.47 Å². The Balaban J connectivity index is 1.86. The average Bonchev–Trinajstić information content (AvgIpc) is 3.06. The van der Waals surface area contributed by atoms with Gasteiger partial charge < -0.3 is 9.47 Å². The Morgan fingerprint density at radius 1 is 1.34 bits per heavy atom. The van der Waals surface area contributed by atoms with E-state index in [1.54, 1.807) is 30.7 Å². The molecule has 0 saturated heterocycles. The molecule has 0 aliphatic heterocycles. The Morgan fingerprint density at radius 3 is 2.79 bits per heavy atom. The van der Waals surface area contributed by atoms with Gasteiger partial charge >= 0.3 is 0 Å². The van der Waals surface area contributed by atoms with Crippen molar-refractivity contribution >= 4 is 22.6 Å². The lowest BCUT2D eigenvalue weighted by Gasteiger charge is -2.33. The number of aliphatic imine (C=N–C) groups is 1. The Hall–Kier alpha value is -2.58. The van der Waals surface area contributed by atoms with Gasteiger partial charge in [-0.25, -0.2) is 4.99 Å². The van der Waals surface area contributed by atoms with Crippen molar-refractivity contribution in [2.24, 2.45) is 16.3 Å². The minimum Gasteiger partial charge on any atom is -0.493 e. The number of fused-ring (bicyclic) bond motifs is 1. The SMILES string of the molecule is C=CCOc1ccc(C=Nc2sc3c(c2C#N)CC[C@H](C(C)(C)C)C3)cc1OC. The molecular formula is C24H28N2O2S. The fraction of sp³-hybridized carbons (Fsp3) is 0.417. The van der Waals surface area contributed by atoms with Gasteiger partial charge in [0.25, 0.3) is 0 Å². The minimum atomic E-state index is 0.282. The number of hydrogen-bond acceptors (Lipinski definition) is 5. The van der Waals surface area contributed by atoms with Gasteiger partial charge in [0, 0.05) is 11.1 Å². The number of hydrogen-bond donors (Lipinski definition) is 0. The summed E-state index contributed by atoms with van der Waals surface area (Å²) in [5.41, 5.74) is 3.13. The molecule has 3 rings (SSSR count). The van der Waals surface area contributed by atoms with Crippen molar-refractivity contribution < 1.29 is 9.47 Å². The maximum absolute atomic E-state index is 9.73. The van der Waals surface area contributed by atoms with Crippen LogP contribution in [0.1, 0.15) is 48.8 Å². The molecule has 1 aliphatic rings. The fourth-order valence-electron chi connectivity index (χ4n) is 3.68. The maximum atomic E-state index is 9.73. The van der Waals surface area contributed by atoms with Crippen LogP contribution in [-0.4, -0.2) is 19.9 Å². The van der Waals surface area contributed by atoms with Crippen LogP contribution in [-0.2, 0) is 12.8 Å². The number of nitriles is 1. The Morgan fingerprint density at radius 2 is 2.14 bits per heavy atom. The first-order valence-corrected chi connectivity index (χ1v) is 10.7. The summed E-state index contributed by atoms with van der Waals surface area (Å²) >= 11 is 1.66. The number of rotatable bonds is 6. The fourth-order valence-corrected chi connectivity index (χ4v) is 4.90. The largest absolute Gasteiger partial charge is 0.493 e. The van der Waals surface area contributed by atoms with Crippen molar-refractivity contribution in [2.75, 3.05) is 13.7 Å². The zero-order valence-corrected chi connectivity index (χ0v) is 18.4. The van der Waals surface area contributed by atoms with Crippen molar-refractivity contribution in [2.45, 2.75) is 40.0 Å². The molecular weight excluding hydrogens is 380 g/mol. The standard InChI is InChI=1S/C24H28N2O2S/c1-6-11-28-20-10-7-16(12-21(20)27-5)15-26-23-19(14-25)18-9-8-17(24(2,3)4)13-22(18)29-23/h6-7,10,12,15,17H,1,8-9,11,13H2,2-5H3/t17-/m0/s1. The molecule has 0 fully saturated rings. The Bertz CT molecular complexity index is 960. The molecule has 1 aromatic heterocycles. The molecule has 0 saturated carbocycles. The number of methoxy groups -OCH3 is 1. The summed E-state index contributed by atoms with van der Waals surface area (Å²) in [6.45, 7) is 11.0. The minimum absolute atomic E-state index is 0.282. The highest BCUT2D eigenvalue weighted by atomic mass is 32.1. The highest BCUT2D eigenvalue weighted by Gasteiger charge is 2.32. The van der Waals surface area contributed by atoms with Crippen molar-refractivity contribution in [1.82, 2.24) is 0 Å². The lowest BCUT2D eigenvalue weighted by atomic mass is 9.72. The van der Waals surface area contributed by atoms with E-state index < -0.39 is 0 Å². The van der Waals surface area contributed by atoms with Crippen LogP contribution in [0.5, 0.6) is 11.5 Å². The molecule has 1 aromatic carbocycles. The second-order valence-electron chi connectivity index (χ2n) is 8.37. The molecule has 0 amide bonds. The maximum Gasteiger partial charge on any atom is 0.161 e. The highest BCUT2D eigenvalue weighted by Crippen LogP contribution is 2.44. The van der Waals surface area contributed by atoms with E-state index in [4.69, 9.17) is 9.47 Å². The van der Waals surface area contributed by atoms with Gasteiger partial charge in [-0.1, -0.05) is 33.4 Å². The van der Waals surface area contributed by atoms with Gasteiger partial charge in [0.05, 0.1) is 12.7 Å². The average molecular weight is 409 g/mol. The van der Waals surface area contributed by atoms with E-state index in [9.17, 15) is 5.26 Å². The van der Waals surface area contributed by atoms with Gasteiger partial charge in [-0.05, 0) is 59.9 Å². The molecule has 29 heavy (non-hydrogen) atoms. The summed E-state index contributed by atoms with van der Waals surface area (Å²) in [5, 5.41) is 10.5. The van der Waals surface area contributed by atoms with Gasteiger partial charge in [-0.15, -0.1) is 11.3 Å². The molecule has 2 aromatic rings. The molecule has 1 aliphatic carbocycles. The second kappa shape index (κ2) is 8.84. The van der Waals surface area contributed by atoms with Crippen molar-refractivity contribution in [3.05, 3.63) is 52.4 Å². The van der Waals surface area contributed by atoms with Gasteiger partial charge in [-0.2, -0.15) is 5.26 Å². The summed E-state index contributed by atoms with van der Waals surface area (Å²) in [5.74, 6) is 1.96. The van der Waals surface area contributed by atoms with Crippen molar-refractivity contribution in [3.63, 3.8) is 0 Å². The summed E-state index contributed by atoms with van der Waals surface area (Å²) in [4.78, 5) is 5.99. The highest BCUT2D eigenvalue weighted by molar-refractivity contribution is 7.16. The summed E-state index contributed by atoms with van der Waals surface area (Å²) in [7, 11) is 1.61. The van der Waals surface area contributed by atoms with Crippen LogP contribution in [0.2, 0.25) is 0 Å². The first-order chi connectivity index (χ1) is 13.9. The van der Waals surface area contributed by atoms with E-state index in [1.807, 2.05) is 18.2 Å². The van der Waals surface area contributed by atoms with E-state index in [0.717, 1.165) is 35.4 Å². The zero-order chi connectivity index (χ0) is 21.0. The van der Waals surface area contributed by atoms with E-state index >= 15 is 0 Å². The van der Waals surface area contributed by atoms with Crippen LogP contribution in [0.15, 0.2) is 35.8 Å². The summed E-state index contributed by atoms with van der Waals surface area (Å²) in [6, 6.07) is 8.07. The molecule has 0 spiro atoms. The van der Waals surface area contributed by atoms with Gasteiger partial charge in [0.15, 0.2) is 11.5 Å². The lowest BCUT2D eigenvalue weighted by molar-refractivity contribution is 0.218. The molecule has 0 bridgehead atoms. The van der Waals surface area contributed by atoms with E-state index in [-0.39, 0.29) is 5.41 Å². The topological polar surface area (TPSA) is 54.6 Å². The molecule has 1 heterocycles. The third-order valence-electron chi connectivity index (χ3n) is 5.46. The molecule has 152 valence electrons. The number of benzene rings is 1. The van der Waals surface area contributed by atoms with Crippen LogP contribution in [0.4, 0.5) is 5.00 Å². The lowest BCUT2D eigenvalue weighted by Crippen LogP contribution is -2.26. The number of ether oxygens (including phenoxy) is 2. The Labute approximate surface area is 177 Å². The van der Waals surface area contributed by atoms with E-state index in [2.05, 4.69) is 38.4 Å². The third-order valence-corrected chi connectivity index (χ3v) is 6.62. The van der Waals surface area contributed by atoms with Gasteiger partial charge in [0.1, 0.15) is 17.7 Å². The predicted octanol–water partition coefficient (Wildman–Crippen LogP) is 6.09. The smallest absolute Gasteiger partial charge is 0.161 e. The number of nitrogens with zero attached hydrogens (tertiary/aromatic N) is 2. The molecule has 0 radical (unpaired) electrons. The quantitative estimate of drug-likeness (QED) is 0.429. The summed E-state index contributed by atoms with van der Waals surface area (Å²) in [6.07, 6.45) is 6.63. The molecule has 4 nitrogen and oxygen atoms in total. The summed E-state index contributed by atoms with van der Waals surface area (Å²) < 4.78 is 11.0. The van der Waals surface area contributed by atoms with Crippen LogP contribution in [0.25, 0.3) is 0 Å². The van der Waals surface area contributed by atoms with Gasteiger partial charge in [0.2, 0.25) is 0 Å². The Kier molecular flexibility index (Phi) is 6.44. The normalized spacial score (nSPS) is 16.3. The monoisotopic (exact) mass is 408 g/mol.